The average Bonchev–Trinajstić information content (AvgIpc) is 1.88. The standard InChI is InChI=1S/C4H12N2O.HNO2/c1-3(5)4(6)2-7;2-1-3/h3-4,7H,2,5-6H2,1H3;(H,2,3). The quantitative estimate of drug-likeness (QED) is 0.291. The van der Waals surface area contributed by atoms with Crippen LogP contribution in [0.1, 0.15) is 6.92 Å². The summed E-state index contributed by atoms with van der Waals surface area (Å²) in [5, 5.41) is 16.2. The second kappa shape index (κ2) is 8.28. The van der Waals surface area contributed by atoms with Crippen LogP contribution in [0.2, 0.25) is 0 Å². The molecule has 6 heteroatoms. The number of hydrogen-bond acceptors (Lipinski definition) is 5. The Bertz CT molecular complexity index is 78.1. The molecule has 0 aromatic carbocycles. The minimum Gasteiger partial charge on any atom is -0.395 e. The molecule has 0 rings (SSSR count). The molecule has 6 nitrogen and oxygen atoms in total. The molecule has 62 valence electrons. The molecule has 0 aliphatic carbocycles. The monoisotopic (exact) mass is 151 g/mol. The molecule has 0 heterocycles. The van der Waals surface area contributed by atoms with Gasteiger partial charge in [0.25, 0.3) is 0 Å². The van der Waals surface area contributed by atoms with Crippen LogP contribution in [0, 0.1) is 4.91 Å². The highest BCUT2D eigenvalue weighted by atomic mass is 16.6. The molecule has 0 spiro atoms. The van der Waals surface area contributed by atoms with Gasteiger partial charge in [-0.15, -0.1) is 4.91 Å². The van der Waals surface area contributed by atoms with Crippen LogP contribution in [0.4, 0.5) is 0 Å². The van der Waals surface area contributed by atoms with Crippen molar-refractivity contribution in [1.29, 1.82) is 0 Å². The molecule has 2 atom stereocenters. The Morgan fingerprint density at radius 3 is 1.90 bits per heavy atom. The lowest BCUT2D eigenvalue weighted by atomic mass is 10.2. The normalized spacial score (nSPS) is 14.4. The fraction of sp³-hybridized carbons (Fsp3) is 1.00. The number of nitrogens with two attached hydrogens (primary N) is 2. The van der Waals surface area contributed by atoms with Crippen molar-refractivity contribution in [2.75, 3.05) is 6.61 Å². The Balaban J connectivity index is 0. The Morgan fingerprint density at radius 1 is 1.60 bits per heavy atom. The second-order valence-electron chi connectivity index (χ2n) is 1.79. The van der Waals surface area contributed by atoms with Crippen LogP contribution in [-0.4, -0.2) is 29.0 Å². The lowest BCUT2D eigenvalue weighted by molar-refractivity contribution is 0.253. The molecule has 0 bridgehead atoms. The van der Waals surface area contributed by atoms with Crippen molar-refractivity contribution in [1.82, 2.24) is 0 Å². The van der Waals surface area contributed by atoms with Crippen molar-refractivity contribution in [2.24, 2.45) is 16.8 Å². The van der Waals surface area contributed by atoms with Crippen LogP contribution in [0.3, 0.4) is 0 Å². The molecule has 0 aromatic heterocycles. The summed E-state index contributed by atoms with van der Waals surface area (Å²) in [5.74, 6) is 0. The number of aliphatic hydroxyl groups excluding tert-OH is 1. The molecule has 0 aliphatic rings. The van der Waals surface area contributed by atoms with Gasteiger partial charge in [-0.3, -0.25) is 0 Å². The first-order valence-corrected chi connectivity index (χ1v) is 2.68. The van der Waals surface area contributed by atoms with Gasteiger partial charge in [0, 0.05) is 12.1 Å². The maximum atomic E-state index is 8.30. The predicted octanol–water partition coefficient (Wildman–Crippen LogP) is -1.20. The molecule has 0 saturated heterocycles. The lowest BCUT2D eigenvalue weighted by Gasteiger charge is -2.10. The van der Waals surface area contributed by atoms with Crippen LogP contribution < -0.4 is 11.5 Å². The van der Waals surface area contributed by atoms with E-state index in [1.807, 2.05) is 0 Å². The van der Waals surface area contributed by atoms with Crippen molar-refractivity contribution in [3.8, 4) is 0 Å². The molecule has 0 aliphatic heterocycles. The highest BCUT2D eigenvalue weighted by Gasteiger charge is 2.03. The minimum absolute atomic E-state index is 0.0301. The van der Waals surface area contributed by atoms with Gasteiger partial charge in [-0.25, -0.2) is 0 Å². The molecular weight excluding hydrogens is 138 g/mol. The first-order valence-electron chi connectivity index (χ1n) is 2.68. The van der Waals surface area contributed by atoms with E-state index in [-0.39, 0.29) is 18.7 Å². The first kappa shape index (κ1) is 12.0. The summed E-state index contributed by atoms with van der Waals surface area (Å²) in [6.07, 6.45) is 0. The molecule has 0 radical (unpaired) electrons. The van der Waals surface area contributed by atoms with Crippen molar-refractivity contribution in [3.05, 3.63) is 4.91 Å². The topological polar surface area (TPSA) is 122 Å². The van der Waals surface area contributed by atoms with Crippen LogP contribution in [0.15, 0.2) is 5.34 Å². The first-order chi connectivity index (χ1) is 4.59. The summed E-state index contributed by atoms with van der Waals surface area (Å²) in [4.78, 5) is 8.11. The lowest BCUT2D eigenvalue weighted by Crippen LogP contribution is -2.41. The molecule has 10 heavy (non-hydrogen) atoms. The fourth-order valence-electron chi connectivity index (χ4n) is 0.166. The van der Waals surface area contributed by atoms with E-state index in [4.69, 9.17) is 26.7 Å². The molecule has 0 amide bonds. The molecule has 0 fully saturated rings. The SMILES string of the molecule is CC(N)C(N)CO.O=NO. The zero-order valence-electron chi connectivity index (χ0n) is 5.77. The highest BCUT2D eigenvalue weighted by molar-refractivity contribution is 4.68. The van der Waals surface area contributed by atoms with Gasteiger partial charge in [-0.2, -0.15) is 0 Å². The second-order valence-corrected chi connectivity index (χ2v) is 1.79. The molecular formula is C4H13N3O3. The van der Waals surface area contributed by atoms with Crippen molar-refractivity contribution in [3.63, 3.8) is 0 Å². The van der Waals surface area contributed by atoms with E-state index in [2.05, 4.69) is 0 Å². The van der Waals surface area contributed by atoms with Crippen molar-refractivity contribution >= 4 is 0 Å². The number of hydrogen-bond donors (Lipinski definition) is 4. The summed E-state index contributed by atoms with van der Waals surface area (Å²) in [6, 6.07) is -0.370. The smallest absolute Gasteiger partial charge is 0.152 e. The van der Waals surface area contributed by atoms with E-state index >= 15 is 0 Å². The predicted molar refractivity (Wildman–Crippen MR) is 36.3 cm³/mol. The van der Waals surface area contributed by atoms with E-state index in [9.17, 15) is 0 Å². The summed E-state index contributed by atoms with van der Waals surface area (Å²) in [6.45, 7) is 1.73. The van der Waals surface area contributed by atoms with Gasteiger partial charge in [-0.05, 0) is 6.92 Å². The van der Waals surface area contributed by atoms with Gasteiger partial charge >= 0.3 is 0 Å². The van der Waals surface area contributed by atoms with Crippen LogP contribution in [0.25, 0.3) is 0 Å². The van der Waals surface area contributed by atoms with Gasteiger partial charge in [0.2, 0.25) is 0 Å². The Labute approximate surface area is 58.8 Å². The zero-order chi connectivity index (χ0) is 8.57. The molecule has 0 saturated carbocycles. The Morgan fingerprint density at radius 2 is 1.90 bits per heavy atom. The van der Waals surface area contributed by atoms with E-state index in [1.165, 1.54) is 5.34 Å². The van der Waals surface area contributed by atoms with Gasteiger partial charge in [0.1, 0.15) is 0 Å². The van der Waals surface area contributed by atoms with Gasteiger partial charge in [0.05, 0.1) is 6.61 Å². The van der Waals surface area contributed by atoms with E-state index < -0.39 is 0 Å². The Kier molecular flexibility index (Phi) is 9.94. The molecule has 0 aromatic rings. The summed E-state index contributed by atoms with van der Waals surface area (Å²) in [5.41, 5.74) is 10.5. The van der Waals surface area contributed by atoms with Gasteiger partial charge in [-0.1, -0.05) is 0 Å². The van der Waals surface area contributed by atoms with Crippen LogP contribution >= 0.6 is 0 Å². The van der Waals surface area contributed by atoms with E-state index in [0.29, 0.717) is 0 Å². The third-order valence-corrected chi connectivity index (χ3v) is 0.886. The summed E-state index contributed by atoms with van der Waals surface area (Å²) >= 11 is 0. The van der Waals surface area contributed by atoms with Crippen LogP contribution in [0.5, 0.6) is 0 Å². The zero-order valence-corrected chi connectivity index (χ0v) is 5.77. The molecule has 6 N–H and O–H groups in total. The van der Waals surface area contributed by atoms with E-state index in [1.54, 1.807) is 6.92 Å². The van der Waals surface area contributed by atoms with Crippen molar-refractivity contribution < 1.29 is 10.3 Å². The minimum atomic E-state index is -0.264. The summed E-state index contributed by atoms with van der Waals surface area (Å²) < 4.78 is 0. The largest absolute Gasteiger partial charge is 0.395 e. The number of rotatable bonds is 2. The van der Waals surface area contributed by atoms with Gasteiger partial charge < -0.3 is 21.8 Å². The fourth-order valence-corrected chi connectivity index (χ4v) is 0.166. The Hall–Kier alpha value is -0.720. The maximum Gasteiger partial charge on any atom is 0.152 e. The third-order valence-electron chi connectivity index (χ3n) is 0.886. The van der Waals surface area contributed by atoms with Crippen molar-refractivity contribution in [2.45, 2.75) is 19.0 Å². The number of aliphatic hydroxyl groups is 1. The maximum absolute atomic E-state index is 8.30. The molecule has 2 unspecified atom stereocenters. The third kappa shape index (κ3) is 10.3. The summed E-state index contributed by atoms with van der Waals surface area (Å²) in [7, 11) is 0. The van der Waals surface area contributed by atoms with Crippen LogP contribution in [-0.2, 0) is 0 Å². The number of nitrogens with zero attached hydrogens (tertiary/aromatic N) is 1. The average molecular weight is 151 g/mol. The highest BCUT2D eigenvalue weighted by Crippen LogP contribution is 1.79. The van der Waals surface area contributed by atoms with E-state index in [0.717, 1.165) is 0 Å². The van der Waals surface area contributed by atoms with Gasteiger partial charge in [0.15, 0.2) is 5.34 Å².